The Hall–Kier alpha value is -1.22. The highest BCUT2D eigenvalue weighted by molar-refractivity contribution is 5.51. The van der Waals surface area contributed by atoms with Gasteiger partial charge in [0, 0.05) is 36.9 Å². The van der Waals surface area contributed by atoms with Gasteiger partial charge in [0.2, 0.25) is 0 Å². The summed E-state index contributed by atoms with van der Waals surface area (Å²) in [6.07, 6.45) is 6.84. The highest BCUT2D eigenvalue weighted by Crippen LogP contribution is 2.27. The summed E-state index contributed by atoms with van der Waals surface area (Å²) >= 11 is 0. The molecule has 0 radical (unpaired) electrons. The van der Waals surface area contributed by atoms with E-state index < -0.39 is 0 Å². The van der Waals surface area contributed by atoms with Crippen molar-refractivity contribution in [3.8, 4) is 5.75 Å². The molecule has 1 N–H and O–H groups in total. The van der Waals surface area contributed by atoms with Crippen molar-refractivity contribution in [3.05, 3.63) is 24.3 Å². The molecule has 3 heteroatoms. The summed E-state index contributed by atoms with van der Waals surface area (Å²) < 4.78 is 5.36. The first-order valence-electron chi connectivity index (χ1n) is 8.39. The normalized spacial score (nSPS) is 27.0. The molecule has 3 rings (SSSR count). The van der Waals surface area contributed by atoms with E-state index in [1.165, 1.54) is 37.8 Å². The van der Waals surface area contributed by atoms with Crippen LogP contribution in [0.3, 0.4) is 0 Å². The molecule has 1 aromatic carbocycles. The van der Waals surface area contributed by atoms with Crippen LogP contribution in [0.25, 0.3) is 0 Å². The standard InChI is InChI=1S/C18H28N2O/c1-14-10-16(19-15-6-3-4-7-15)13-20(12-14)17-8-5-9-18(11-17)21-2/h5,8-9,11,14-16,19H,3-4,6-7,10,12-13H2,1-2H3. The van der Waals surface area contributed by atoms with Crippen LogP contribution in [0.2, 0.25) is 0 Å². The zero-order valence-corrected chi connectivity index (χ0v) is 13.3. The molecule has 2 fully saturated rings. The summed E-state index contributed by atoms with van der Waals surface area (Å²) in [6.45, 7) is 4.64. The highest BCUT2D eigenvalue weighted by Gasteiger charge is 2.27. The maximum Gasteiger partial charge on any atom is 0.120 e. The smallest absolute Gasteiger partial charge is 0.120 e. The van der Waals surface area contributed by atoms with Crippen LogP contribution < -0.4 is 15.0 Å². The molecule has 1 saturated heterocycles. The van der Waals surface area contributed by atoms with Gasteiger partial charge in [-0.05, 0) is 37.3 Å². The summed E-state index contributed by atoms with van der Waals surface area (Å²) in [5, 5.41) is 3.90. The zero-order chi connectivity index (χ0) is 14.7. The summed E-state index contributed by atoms with van der Waals surface area (Å²) in [4.78, 5) is 2.52. The van der Waals surface area contributed by atoms with Crippen molar-refractivity contribution in [1.29, 1.82) is 0 Å². The third kappa shape index (κ3) is 3.70. The molecular formula is C18H28N2O. The van der Waals surface area contributed by atoms with E-state index in [9.17, 15) is 0 Å². The fourth-order valence-corrected chi connectivity index (χ4v) is 3.92. The number of rotatable bonds is 4. The first-order chi connectivity index (χ1) is 10.2. The van der Waals surface area contributed by atoms with Crippen LogP contribution in [0, 0.1) is 5.92 Å². The topological polar surface area (TPSA) is 24.5 Å². The van der Waals surface area contributed by atoms with E-state index in [0.717, 1.165) is 30.8 Å². The van der Waals surface area contributed by atoms with E-state index in [-0.39, 0.29) is 0 Å². The Kier molecular flexibility index (Phi) is 4.69. The number of anilines is 1. The van der Waals surface area contributed by atoms with Gasteiger partial charge in [-0.25, -0.2) is 0 Å². The molecule has 3 nitrogen and oxygen atoms in total. The maximum absolute atomic E-state index is 5.36. The minimum Gasteiger partial charge on any atom is -0.497 e. The first-order valence-corrected chi connectivity index (χ1v) is 8.39. The van der Waals surface area contributed by atoms with Gasteiger partial charge in [-0.15, -0.1) is 0 Å². The minimum atomic E-state index is 0.628. The van der Waals surface area contributed by atoms with Gasteiger partial charge in [-0.2, -0.15) is 0 Å². The van der Waals surface area contributed by atoms with E-state index in [1.807, 2.05) is 6.07 Å². The average Bonchev–Trinajstić information content (AvgIpc) is 2.99. The monoisotopic (exact) mass is 288 g/mol. The summed E-state index contributed by atoms with van der Waals surface area (Å²) in [5.41, 5.74) is 1.29. The average molecular weight is 288 g/mol. The van der Waals surface area contributed by atoms with Crippen LogP contribution in [0.1, 0.15) is 39.0 Å². The Labute approximate surface area is 128 Å². The molecule has 0 amide bonds. The molecule has 0 bridgehead atoms. The van der Waals surface area contributed by atoms with E-state index in [4.69, 9.17) is 4.74 Å². The van der Waals surface area contributed by atoms with E-state index in [1.54, 1.807) is 7.11 Å². The molecular weight excluding hydrogens is 260 g/mol. The Balaban J connectivity index is 1.66. The fraction of sp³-hybridized carbons (Fsp3) is 0.667. The number of ether oxygens (including phenoxy) is 1. The van der Waals surface area contributed by atoms with Crippen LogP contribution in [-0.2, 0) is 0 Å². The van der Waals surface area contributed by atoms with Crippen LogP contribution in [0.5, 0.6) is 5.75 Å². The number of methoxy groups -OCH3 is 1. The van der Waals surface area contributed by atoms with E-state index >= 15 is 0 Å². The zero-order valence-electron chi connectivity index (χ0n) is 13.3. The predicted molar refractivity (Wildman–Crippen MR) is 88.2 cm³/mol. The molecule has 1 aliphatic heterocycles. The number of piperidine rings is 1. The minimum absolute atomic E-state index is 0.628. The van der Waals surface area contributed by atoms with E-state index in [0.29, 0.717) is 6.04 Å². The lowest BCUT2D eigenvalue weighted by atomic mass is 9.94. The van der Waals surface area contributed by atoms with Gasteiger partial charge >= 0.3 is 0 Å². The van der Waals surface area contributed by atoms with Gasteiger partial charge < -0.3 is 15.0 Å². The van der Waals surface area contributed by atoms with Crippen molar-refractivity contribution in [2.75, 3.05) is 25.1 Å². The van der Waals surface area contributed by atoms with Crippen LogP contribution >= 0.6 is 0 Å². The molecule has 1 heterocycles. The maximum atomic E-state index is 5.36. The number of nitrogens with one attached hydrogen (secondary N) is 1. The van der Waals surface area contributed by atoms with Crippen molar-refractivity contribution in [3.63, 3.8) is 0 Å². The quantitative estimate of drug-likeness (QED) is 0.918. The van der Waals surface area contributed by atoms with E-state index in [2.05, 4.69) is 35.3 Å². The second kappa shape index (κ2) is 6.69. The number of hydrogen-bond donors (Lipinski definition) is 1. The lowest BCUT2D eigenvalue weighted by molar-refractivity contribution is 0.322. The van der Waals surface area contributed by atoms with Gasteiger partial charge in [0.15, 0.2) is 0 Å². The molecule has 1 saturated carbocycles. The van der Waals surface area contributed by atoms with Gasteiger partial charge in [0.25, 0.3) is 0 Å². The Morgan fingerprint density at radius 1 is 1.14 bits per heavy atom. The van der Waals surface area contributed by atoms with Gasteiger partial charge in [0.1, 0.15) is 5.75 Å². The van der Waals surface area contributed by atoms with Gasteiger partial charge in [0.05, 0.1) is 7.11 Å². The molecule has 0 spiro atoms. The first kappa shape index (κ1) is 14.7. The molecule has 116 valence electrons. The molecule has 21 heavy (non-hydrogen) atoms. The molecule has 0 aromatic heterocycles. The van der Waals surface area contributed by atoms with Crippen LogP contribution in [0.4, 0.5) is 5.69 Å². The third-order valence-electron chi connectivity index (χ3n) is 4.90. The highest BCUT2D eigenvalue weighted by atomic mass is 16.5. The van der Waals surface area contributed by atoms with Crippen molar-refractivity contribution >= 4 is 5.69 Å². The second-order valence-electron chi connectivity index (χ2n) is 6.79. The summed E-state index contributed by atoms with van der Waals surface area (Å²) in [7, 11) is 1.74. The SMILES string of the molecule is COc1cccc(N2CC(C)CC(NC3CCCC3)C2)c1. The molecule has 2 atom stereocenters. The van der Waals surface area contributed by atoms with Crippen LogP contribution in [-0.4, -0.2) is 32.3 Å². The van der Waals surface area contributed by atoms with Crippen molar-refractivity contribution in [1.82, 2.24) is 5.32 Å². The number of benzene rings is 1. The lowest BCUT2D eigenvalue weighted by Gasteiger charge is -2.39. The van der Waals surface area contributed by atoms with Gasteiger partial charge in [-0.3, -0.25) is 0 Å². The Morgan fingerprint density at radius 2 is 1.95 bits per heavy atom. The number of nitrogens with zero attached hydrogens (tertiary/aromatic N) is 1. The van der Waals surface area contributed by atoms with Crippen molar-refractivity contribution in [2.24, 2.45) is 5.92 Å². The van der Waals surface area contributed by atoms with Gasteiger partial charge in [-0.1, -0.05) is 25.8 Å². The summed E-state index contributed by atoms with van der Waals surface area (Å²) in [6, 6.07) is 9.85. The van der Waals surface area contributed by atoms with Crippen LogP contribution in [0.15, 0.2) is 24.3 Å². The predicted octanol–water partition coefficient (Wildman–Crippen LogP) is 3.44. The summed E-state index contributed by atoms with van der Waals surface area (Å²) in [5.74, 6) is 1.69. The second-order valence-corrected chi connectivity index (χ2v) is 6.79. The molecule has 1 aromatic rings. The third-order valence-corrected chi connectivity index (χ3v) is 4.90. The molecule has 2 unspecified atom stereocenters. The lowest BCUT2D eigenvalue weighted by Crippen LogP contribution is -2.51. The Morgan fingerprint density at radius 3 is 2.71 bits per heavy atom. The molecule has 1 aliphatic carbocycles. The number of hydrogen-bond acceptors (Lipinski definition) is 3. The largest absolute Gasteiger partial charge is 0.497 e. The molecule has 2 aliphatic rings. The fourth-order valence-electron chi connectivity index (χ4n) is 3.92. The van der Waals surface area contributed by atoms with Crippen molar-refractivity contribution in [2.45, 2.75) is 51.1 Å². The van der Waals surface area contributed by atoms with Crippen molar-refractivity contribution < 1.29 is 4.74 Å². The Bertz CT molecular complexity index is 456.